The Kier molecular flexibility index (Phi) is 6.12. The molecular weight excluding hydrogens is 424 g/mol. The van der Waals surface area contributed by atoms with Crippen molar-refractivity contribution in [3.05, 3.63) is 65.9 Å². The number of nitrogens with two attached hydrogens (primary N) is 1. The van der Waals surface area contributed by atoms with Gasteiger partial charge in [0.05, 0.1) is 29.9 Å². The molecule has 0 saturated carbocycles. The van der Waals surface area contributed by atoms with E-state index in [0.29, 0.717) is 47.1 Å². The number of benzene rings is 2. The Balaban J connectivity index is 1.50. The lowest BCUT2D eigenvalue weighted by Crippen LogP contribution is -2.43. The molecule has 0 radical (unpaired) electrons. The molecule has 3 amide bonds. The third-order valence-electron chi connectivity index (χ3n) is 5.80. The smallest absolute Gasteiger partial charge is 0.337 e. The second-order valence-electron chi connectivity index (χ2n) is 7.88. The standard InChI is InChI=1S/C24H24N4O5/c1-33-22(30)16-7-4-6-15(12-16)13-21(29)20-10-5-11-27(20)24(32)26-18-14-28(23(25)31)19-9-3-2-8-17(18)19/h2-4,6-9,12,14,20H,5,10-11,13H2,1H3,(H2,25,31)(H,26,32)/t20-/m0/s1. The molecule has 33 heavy (non-hydrogen) atoms. The number of Topliss-reactive ketones (excluding diaryl/α,β-unsaturated/α-hetero) is 1. The number of nitrogens with zero attached hydrogens (tertiary/aromatic N) is 2. The van der Waals surface area contributed by atoms with Gasteiger partial charge in [-0.25, -0.2) is 14.4 Å². The van der Waals surface area contributed by atoms with Gasteiger partial charge in [-0.05, 0) is 36.6 Å². The molecule has 1 aliphatic heterocycles. The Bertz CT molecular complexity index is 1250. The molecule has 1 saturated heterocycles. The van der Waals surface area contributed by atoms with Gasteiger partial charge in [-0.2, -0.15) is 0 Å². The van der Waals surface area contributed by atoms with Gasteiger partial charge in [0.15, 0.2) is 5.78 Å². The van der Waals surface area contributed by atoms with Gasteiger partial charge < -0.3 is 20.7 Å². The Hall–Kier alpha value is -4.14. The highest BCUT2D eigenvalue weighted by Crippen LogP contribution is 2.27. The number of hydrogen-bond donors (Lipinski definition) is 2. The molecule has 1 atom stereocenters. The minimum Gasteiger partial charge on any atom is -0.465 e. The van der Waals surface area contributed by atoms with Crippen LogP contribution < -0.4 is 11.1 Å². The van der Waals surface area contributed by atoms with Gasteiger partial charge in [-0.3, -0.25) is 9.36 Å². The maximum Gasteiger partial charge on any atom is 0.337 e. The second-order valence-corrected chi connectivity index (χ2v) is 7.88. The number of methoxy groups -OCH3 is 1. The number of primary amides is 1. The fraction of sp³-hybridized carbons (Fsp3) is 0.250. The number of likely N-dealkylation sites (tertiary alicyclic amines) is 1. The number of anilines is 1. The number of hydrogen-bond acceptors (Lipinski definition) is 5. The summed E-state index contributed by atoms with van der Waals surface area (Å²) >= 11 is 0. The van der Waals surface area contributed by atoms with Crippen molar-refractivity contribution in [2.24, 2.45) is 5.73 Å². The van der Waals surface area contributed by atoms with Gasteiger partial charge in [0.25, 0.3) is 0 Å². The summed E-state index contributed by atoms with van der Waals surface area (Å²) in [6.07, 6.45) is 2.84. The van der Waals surface area contributed by atoms with Crippen LogP contribution in [0.25, 0.3) is 10.9 Å². The van der Waals surface area contributed by atoms with Crippen LogP contribution in [0.3, 0.4) is 0 Å². The van der Waals surface area contributed by atoms with Crippen molar-refractivity contribution in [2.45, 2.75) is 25.3 Å². The number of aromatic nitrogens is 1. The summed E-state index contributed by atoms with van der Waals surface area (Å²) in [7, 11) is 1.30. The first kappa shape index (κ1) is 22.1. The molecule has 1 fully saturated rings. The molecule has 1 aromatic heterocycles. The van der Waals surface area contributed by atoms with E-state index in [1.54, 1.807) is 48.5 Å². The van der Waals surface area contributed by atoms with Gasteiger partial charge in [0.2, 0.25) is 0 Å². The number of fused-ring (bicyclic) bond motifs is 1. The number of carbonyl (C=O) groups excluding carboxylic acids is 4. The molecule has 2 heterocycles. The Labute approximate surface area is 190 Å². The van der Waals surface area contributed by atoms with Crippen LogP contribution in [0.15, 0.2) is 54.7 Å². The summed E-state index contributed by atoms with van der Waals surface area (Å²) < 4.78 is 6.00. The van der Waals surface area contributed by atoms with Crippen molar-refractivity contribution in [1.29, 1.82) is 0 Å². The van der Waals surface area contributed by atoms with Gasteiger partial charge in [-0.15, -0.1) is 0 Å². The second kappa shape index (κ2) is 9.15. The first-order chi connectivity index (χ1) is 15.9. The SMILES string of the molecule is COC(=O)c1cccc(CC(=O)[C@@H]2CCCN2C(=O)Nc2cn(C(N)=O)c3ccccc23)c1. The van der Waals surface area contributed by atoms with E-state index in [1.165, 1.54) is 22.8 Å². The highest BCUT2D eigenvalue weighted by Gasteiger charge is 2.34. The van der Waals surface area contributed by atoms with Crippen LogP contribution in [0, 0.1) is 0 Å². The topological polar surface area (TPSA) is 124 Å². The molecule has 170 valence electrons. The Morgan fingerprint density at radius 1 is 1.12 bits per heavy atom. The molecule has 0 spiro atoms. The quantitative estimate of drug-likeness (QED) is 0.580. The summed E-state index contributed by atoms with van der Waals surface area (Å²) in [5.41, 5.74) is 7.52. The maximum absolute atomic E-state index is 13.1. The van der Waals surface area contributed by atoms with E-state index >= 15 is 0 Å². The molecule has 3 N–H and O–H groups in total. The number of rotatable bonds is 5. The van der Waals surface area contributed by atoms with Gasteiger partial charge in [0, 0.05) is 24.5 Å². The normalized spacial score (nSPS) is 15.4. The molecule has 1 aliphatic rings. The minimum atomic E-state index is -0.657. The number of amides is 3. The summed E-state index contributed by atoms with van der Waals surface area (Å²) in [6, 6.07) is 12.2. The maximum atomic E-state index is 13.1. The number of urea groups is 1. The number of para-hydroxylation sites is 1. The zero-order valence-corrected chi connectivity index (χ0v) is 18.1. The van der Waals surface area contributed by atoms with Crippen LogP contribution in [0.1, 0.15) is 28.8 Å². The van der Waals surface area contributed by atoms with Crippen molar-refractivity contribution in [3.63, 3.8) is 0 Å². The number of carbonyl (C=O) groups is 4. The molecular formula is C24H24N4O5. The molecule has 0 bridgehead atoms. The van der Waals surface area contributed by atoms with Crippen molar-refractivity contribution >= 4 is 40.4 Å². The monoisotopic (exact) mass is 448 g/mol. The molecule has 3 aromatic rings. The summed E-state index contributed by atoms with van der Waals surface area (Å²) in [4.78, 5) is 51.1. The lowest BCUT2D eigenvalue weighted by atomic mass is 10.0. The van der Waals surface area contributed by atoms with E-state index < -0.39 is 24.1 Å². The molecule has 0 aliphatic carbocycles. The van der Waals surface area contributed by atoms with E-state index in [2.05, 4.69) is 5.32 Å². The van der Waals surface area contributed by atoms with E-state index in [0.717, 1.165) is 0 Å². The lowest BCUT2D eigenvalue weighted by Gasteiger charge is -2.24. The number of ether oxygens (including phenoxy) is 1. The van der Waals surface area contributed by atoms with E-state index in [1.807, 2.05) is 0 Å². The van der Waals surface area contributed by atoms with Gasteiger partial charge in [-0.1, -0.05) is 30.3 Å². The Morgan fingerprint density at radius 3 is 2.67 bits per heavy atom. The third kappa shape index (κ3) is 4.43. The minimum absolute atomic E-state index is 0.0975. The number of esters is 1. The molecule has 2 aromatic carbocycles. The summed E-state index contributed by atoms with van der Waals surface area (Å²) in [5, 5.41) is 3.50. The van der Waals surface area contributed by atoms with Crippen molar-refractivity contribution in [3.8, 4) is 0 Å². The zero-order chi connectivity index (χ0) is 23.5. The summed E-state index contributed by atoms with van der Waals surface area (Å²) in [5.74, 6) is -0.578. The average Bonchev–Trinajstić information content (AvgIpc) is 3.44. The van der Waals surface area contributed by atoms with Crippen molar-refractivity contribution < 1.29 is 23.9 Å². The van der Waals surface area contributed by atoms with Crippen LogP contribution in [0.2, 0.25) is 0 Å². The lowest BCUT2D eigenvalue weighted by molar-refractivity contribution is -0.121. The van der Waals surface area contributed by atoms with Crippen LogP contribution in [-0.4, -0.2) is 53.0 Å². The molecule has 9 heteroatoms. The Morgan fingerprint density at radius 2 is 1.91 bits per heavy atom. The molecule has 4 rings (SSSR count). The van der Waals surface area contributed by atoms with Crippen LogP contribution >= 0.6 is 0 Å². The largest absolute Gasteiger partial charge is 0.465 e. The summed E-state index contributed by atoms with van der Waals surface area (Å²) in [6.45, 7) is 0.443. The van der Waals surface area contributed by atoms with Crippen LogP contribution in [-0.2, 0) is 16.0 Å². The molecule has 9 nitrogen and oxygen atoms in total. The fourth-order valence-electron chi connectivity index (χ4n) is 4.24. The highest BCUT2D eigenvalue weighted by molar-refractivity contribution is 6.05. The first-order valence-electron chi connectivity index (χ1n) is 10.6. The predicted molar refractivity (Wildman–Crippen MR) is 122 cm³/mol. The number of ketones is 1. The average molecular weight is 448 g/mol. The van der Waals surface area contributed by atoms with Crippen LogP contribution in [0.5, 0.6) is 0 Å². The van der Waals surface area contributed by atoms with Crippen molar-refractivity contribution in [1.82, 2.24) is 9.47 Å². The number of nitrogens with one attached hydrogen (secondary N) is 1. The highest BCUT2D eigenvalue weighted by atomic mass is 16.5. The van der Waals surface area contributed by atoms with E-state index in [4.69, 9.17) is 10.5 Å². The molecule has 0 unspecified atom stereocenters. The van der Waals surface area contributed by atoms with Crippen molar-refractivity contribution in [2.75, 3.05) is 19.0 Å². The van der Waals surface area contributed by atoms with Gasteiger partial charge in [0.1, 0.15) is 0 Å². The fourth-order valence-corrected chi connectivity index (χ4v) is 4.24. The predicted octanol–water partition coefficient (Wildman–Crippen LogP) is 3.16. The van der Waals surface area contributed by atoms with E-state index in [9.17, 15) is 19.2 Å². The zero-order valence-electron chi connectivity index (χ0n) is 18.1. The van der Waals surface area contributed by atoms with Gasteiger partial charge >= 0.3 is 18.0 Å². The third-order valence-corrected chi connectivity index (χ3v) is 5.80. The van der Waals surface area contributed by atoms with E-state index in [-0.39, 0.29) is 12.2 Å². The van der Waals surface area contributed by atoms with Crippen LogP contribution in [0.4, 0.5) is 15.3 Å². The first-order valence-corrected chi connectivity index (χ1v) is 10.6.